The van der Waals surface area contributed by atoms with E-state index in [9.17, 15) is 13.2 Å². The highest BCUT2D eigenvalue weighted by Crippen LogP contribution is 2.29. The minimum Gasteiger partial charge on any atom is -0.351 e. The maximum atomic E-state index is 12.4. The van der Waals surface area contributed by atoms with E-state index in [0.717, 1.165) is 29.7 Å². The maximum Gasteiger partial charge on any atom is 0.232 e. The molecule has 1 N–H and O–H groups in total. The lowest BCUT2D eigenvalue weighted by Crippen LogP contribution is -2.42. The van der Waals surface area contributed by atoms with Crippen molar-refractivity contribution < 1.29 is 13.2 Å². The number of nitrogens with one attached hydrogen (secondary N) is 1. The van der Waals surface area contributed by atoms with Gasteiger partial charge in [-0.25, -0.2) is 8.42 Å². The van der Waals surface area contributed by atoms with Gasteiger partial charge in [0.05, 0.1) is 11.9 Å². The number of aryl methyl sites for hydroxylation is 2. The zero-order valence-electron chi connectivity index (χ0n) is 15.6. The highest BCUT2D eigenvalue weighted by Gasteiger charge is 2.24. The van der Waals surface area contributed by atoms with Crippen LogP contribution in [0.4, 0.5) is 5.69 Å². The molecule has 1 amide bonds. The molecular formula is C18H30N2O3S. The molecule has 0 saturated heterocycles. The number of amides is 1. The van der Waals surface area contributed by atoms with Crippen LogP contribution in [-0.2, 0) is 27.7 Å². The molecule has 0 spiro atoms. The van der Waals surface area contributed by atoms with Crippen LogP contribution >= 0.6 is 0 Å². The second kappa shape index (κ2) is 8.01. The topological polar surface area (TPSA) is 66.5 Å². The summed E-state index contributed by atoms with van der Waals surface area (Å²) in [5.74, 6) is -0.150. The fraction of sp³-hybridized carbons (Fsp3) is 0.611. The number of benzene rings is 1. The van der Waals surface area contributed by atoms with E-state index >= 15 is 0 Å². The summed E-state index contributed by atoms with van der Waals surface area (Å²) in [6, 6.07) is 5.84. The number of nitrogens with zero attached hydrogens (tertiary/aromatic N) is 1. The number of hydrogen-bond acceptors (Lipinski definition) is 3. The average Bonchev–Trinajstić information content (AvgIpc) is 2.44. The van der Waals surface area contributed by atoms with Gasteiger partial charge < -0.3 is 5.32 Å². The molecule has 24 heavy (non-hydrogen) atoms. The van der Waals surface area contributed by atoms with E-state index in [-0.39, 0.29) is 24.4 Å². The van der Waals surface area contributed by atoms with Crippen molar-refractivity contribution in [2.45, 2.75) is 59.4 Å². The number of anilines is 1. The summed E-state index contributed by atoms with van der Waals surface area (Å²) in [6.07, 6.45) is 2.80. The lowest BCUT2D eigenvalue weighted by Gasteiger charge is -2.28. The monoisotopic (exact) mass is 354 g/mol. The van der Waals surface area contributed by atoms with Crippen LogP contribution in [0.5, 0.6) is 0 Å². The van der Waals surface area contributed by atoms with Crippen LogP contribution in [0.3, 0.4) is 0 Å². The molecule has 0 bridgehead atoms. The van der Waals surface area contributed by atoms with Crippen LogP contribution in [0.2, 0.25) is 0 Å². The normalized spacial score (nSPS) is 12.1. The van der Waals surface area contributed by atoms with Crippen LogP contribution in [0.15, 0.2) is 18.2 Å². The standard InChI is InChI=1S/C18H30N2O3S/c1-7-14-10-9-11-15(8-2)17(14)20(24(6,22)23)13-12-16(21)19-18(3,4)5/h9-11H,7-8,12-13H2,1-6H3,(H,19,21). The Morgan fingerprint density at radius 1 is 1.12 bits per heavy atom. The molecule has 1 aromatic carbocycles. The smallest absolute Gasteiger partial charge is 0.232 e. The number of carbonyl (C=O) groups is 1. The second-order valence-electron chi connectivity index (χ2n) is 7.02. The van der Waals surface area contributed by atoms with E-state index < -0.39 is 10.0 Å². The molecule has 0 aliphatic heterocycles. The SMILES string of the molecule is CCc1cccc(CC)c1N(CCC(=O)NC(C)(C)C)S(C)(=O)=O. The molecule has 1 aromatic rings. The summed E-state index contributed by atoms with van der Waals surface area (Å²) < 4.78 is 26.1. The Bertz CT molecular complexity index is 654. The van der Waals surface area contributed by atoms with Crippen molar-refractivity contribution in [3.63, 3.8) is 0 Å². The minimum atomic E-state index is -3.47. The predicted molar refractivity (Wildman–Crippen MR) is 99.9 cm³/mol. The van der Waals surface area contributed by atoms with Gasteiger partial charge in [-0.05, 0) is 44.7 Å². The van der Waals surface area contributed by atoms with Crippen LogP contribution in [0, 0.1) is 0 Å². The molecule has 0 atom stereocenters. The van der Waals surface area contributed by atoms with E-state index in [1.54, 1.807) is 0 Å². The van der Waals surface area contributed by atoms with Crippen LogP contribution < -0.4 is 9.62 Å². The van der Waals surface area contributed by atoms with Crippen LogP contribution in [-0.4, -0.2) is 32.7 Å². The summed E-state index contributed by atoms with van der Waals surface area (Å²) >= 11 is 0. The fourth-order valence-electron chi connectivity index (χ4n) is 2.66. The third kappa shape index (κ3) is 5.82. The van der Waals surface area contributed by atoms with Gasteiger partial charge in [0.2, 0.25) is 15.9 Å². The molecule has 0 heterocycles. The van der Waals surface area contributed by atoms with Crippen molar-refractivity contribution in [2.75, 3.05) is 17.1 Å². The zero-order valence-corrected chi connectivity index (χ0v) is 16.5. The molecule has 0 aliphatic rings. The summed E-state index contributed by atoms with van der Waals surface area (Å²) in [5.41, 5.74) is 2.36. The Morgan fingerprint density at radius 3 is 2.00 bits per heavy atom. The third-order valence-electron chi connectivity index (χ3n) is 3.67. The first-order valence-corrected chi connectivity index (χ1v) is 10.2. The molecule has 0 unspecified atom stereocenters. The van der Waals surface area contributed by atoms with Crippen LogP contribution in [0.25, 0.3) is 0 Å². The average molecular weight is 355 g/mol. The van der Waals surface area contributed by atoms with Gasteiger partial charge in [-0.1, -0.05) is 32.0 Å². The molecule has 1 rings (SSSR count). The number of rotatable bonds is 7. The lowest BCUT2D eigenvalue weighted by atomic mass is 10.0. The molecule has 136 valence electrons. The van der Waals surface area contributed by atoms with Crippen molar-refractivity contribution in [3.05, 3.63) is 29.3 Å². The molecular weight excluding hydrogens is 324 g/mol. The van der Waals surface area contributed by atoms with E-state index in [1.807, 2.05) is 52.8 Å². The van der Waals surface area contributed by atoms with Gasteiger partial charge in [0.1, 0.15) is 0 Å². The predicted octanol–water partition coefficient (Wildman–Crippen LogP) is 2.88. The van der Waals surface area contributed by atoms with E-state index in [2.05, 4.69) is 5.32 Å². The summed E-state index contributed by atoms with van der Waals surface area (Å²) in [4.78, 5) is 12.1. The first kappa shape index (κ1) is 20.5. The maximum absolute atomic E-state index is 12.4. The number of sulfonamides is 1. The van der Waals surface area contributed by atoms with E-state index in [1.165, 1.54) is 10.6 Å². The summed E-state index contributed by atoms with van der Waals surface area (Å²) in [7, 11) is -3.47. The summed E-state index contributed by atoms with van der Waals surface area (Å²) in [6.45, 7) is 9.86. The number of hydrogen-bond donors (Lipinski definition) is 1. The van der Waals surface area contributed by atoms with Crippen molar-refractivity contribution in [1.82, 2.24) is 5.32 Å². The van der Waals surface area contributed by atoms with Crippen molar-refractivity contribution in [3.8, 4) is 0 Å². The highest BCUT2D eigenvalue weighted by molar-refractivity contribution is 7.92. The zero-order chi connectivity index (χ0) is 18.5. The molecule has 0 saturated carbocycles. The van der Waals surface area contributed by atoms with Crippen LogP contribution in [0.1, 0.15) is 52.2 Å². The van der Waals surface area contributed by atoms with E-state index in [4.69, 9.17) is 0 Å². The molecule has 5 nitrogen and oxygen atoms in total. The van der Waals surface area contributed by atoms with Gasteiger partial charge in [-0.3, -0.25) is 9.10 Å². The first-order chi connectivity index (χ1) is 11.0. The minimum absolute atomic E-state index is 0.130. The molecule has 0 fully saturated rings. The van der Waals surface area contributed by atoms with Gasteiger partial charge in [0, 0.05) is 18.5 Å². The van der Waals surface area contributed by atoms with Crippen molar-refractivity contribution in [1.29, 1.82) is 0 Å². The molecule has 0 radical (unpaired) electrons. The quantitative estimate of drug-likeness (QED) is 0.819. The van der Waals surface area contributed by atoms with E-state index in [0.29, 0.717) is 0 Å². The molecule has 6 heteroatoms. The Balaban J connectivity index is 3.15. The van der Waals surface area contributed by atoms with Crippen molar-refractivity contribution in [2.24, 2.45) is 0 Å². The van der Waals surface area contributed by atoms with Gasteiger partial charge in [-0.2, -0.15) is 0 Å². The molecule has 0 aliphatic carbocycles. The Hall–Kier alpha value is -1.56. The highest BCUT2D eigenvalue weighted by atomic mass is 32.2. The second-order valence-corrected chi connectivity index (χ2v) is 8.92. The first-order valence-electron chi connectivity index (χ1n) is 8.39. The molecule has 0 aromatic heterocycles. The van der Waals surface area contributed by atoms with Gasteiger partial charge in [-0.15, -0.1) is 0 Å². The fourth-order valence-corrected chi connectivity index (χ4v) is 3.65. The largest absolute Gasteiger partial charge is 0.351 e. The van der Waals surface area contributed by atoms with Gasteiger partial charge in [0.15, 0.2) is 0 Å². The number of carbonyl (C=O) groups excluding carboxylic acids is 1. The van der Waals surface area contributed by atoms with Crippen molar-refractivity contribution >= 4 is 21.6 Å². The Morgan fingerprint density at radius 2 is 1.62 bits per heavy atom. The third-order valence-corrected chi connectivity index (χ3v) is 4.84. The Kier molecular flexibility index (Phi) is 6.84. The van der Waals surface area contributed by atoms with Gasteiger partial charge >= 0.3 is 0 Å². The lowest BCUT2D eigenvalue weighted by molar-refractivity contribution is -0.122. The van der Waals surface area contributed by atoms with Gasteiger partial charge in [0.25, 0.3) is 0 Å². The summed E-state index contributed by atoms with van der Waals surface area (Å²) in [5, 5.41) is 2.87. The number of para-hydroxylation sites is 1. The Labute approximate surface area is 146 Å².